The lowest BCUT2D eigenvalue weighted by Crippen LogP contribution is -2.40. The minimum atomic E-state index is -3.74. The first-order valence-corrected chi connectivity index (χ1v) is 10.4. The Kier molecular flexibility index (Phi) is 6.25. The predicted octanol–water partition coefficient (Wildman–Crippen LogP) is 2.00. The number of esters is 1. The van der Waals surface area contributed by atoms with Gasteiger partial charge in [-0.1, -0.05) is 18.2 Å². The van der Waals surface area contributed by atoms with Crippen LogP contribution in [0.3, 0.4) is 0 Å². The standard InChI is InChI=1S/C17H19NO6S2/c19-17(24-12-11-23-14-4-2-1-3-5-14)16-15(6-13-25-16)26(20,21)18-7-9-22-10-8-18/h1-6,13H,7-12H2. The fourth-order valence-corrected chi connectivity index (χ4v) is 5.14. The molecule has 9 heteroatoms. The van der Waals surface area contributed by atoms with E-state index in [4.69, 9.17) is 14.2 Å². The minimum Gasteiger partial charge on any atom is -0.490 e. The summed E-state index contributed by atoms with van der Waals surface area (Å²) in [5.41, 5.74) is 0. The maximum Gasteiger partial charge on any atom is 0.349 e. The van der Waals surface area contributed by atoms with Crippen LogP contribution in [0.15, 0.2) is 46.7 Å². The van der Waals surface area contributed by atoms with Crippen LogP contribution in [-0.4, -0.2) is 58.2 Å². The van der Waals surface area contributed by atoms with E-state index in [9.17, 15) is 13.2 Å². The zero-order valence-electron chi connectivity index (χ0n) is 14.0. The second kappa shape index (κ2) is 8.63. The summed E-state index contributed by atoms with van der Waals surface area (Å²) < 4.78 is 42.6. The Labute approximate surface area is 156 Å². The molecule has 7 nitrogen and oxygen atoms in total. The average Bonchev–Trinajstić information content (AvgIpc) is 3.17. The van der Waals surface area contributed by atoms with Crippen LogP contribution in [0.25, 0.3) is 0 Å². The molecule has 1 aliphatic rings. The fraction of sp³-hybridized carbons (Fsp3) is 0.353. The van der Waals surface area contributed by atoms with E-state index in [1.165, 1.54) is 10.4 Å². The molecule has 0 atom stereocenters. The molecule has 0 N–H and O–H groups in total. The highest BCUT2D eigenvalue weighted by atomic mass is 32.2. The van der Waals surface area contributed by atoms with E-state index < -0.39 is 16.0 Å². The number of morpholine rings is 1. The number of sulfonamides is 1. The number of carbonyl (C=O) groups is 1. The van der Waals surface area contributed by atoms with E-state index in [0.717, 1.165) is 11.3 Å². The Morgan fingerprint density at radius 2 is 1.85 bits per heavy atom. The molecule has 1 aliphatic heterocycles. The van der Waals surface area contributed by atoms with E-state index in [-0.39, 0.29) is 36.1 Å². The third kappa shape index (κ3) is 4.42. The monoisotopic (exact) mass is 397 g/mol. The number of ether oxygens (including phenoxy) is 3. The summed E-state index contributed by atoms with van der Waals surface area (Å²) in [6.45, 7) is 1.46. The maximum atomic E-state index is 12.7. The zero-order chi connectivity index (χ0) is 18.4. The molecular weight excluding hydrogens is 378 g/mol. The van der Waals surface area contributed by atoms with Crippen molar-refractivity contribution in [3.05, 3.63) is 46.7 Å². The molecule has 26 heavy (non-hydrogen) atoms. The van der Waals surface area contributed by atoms with Gasteiger partial charge in [0.25, 0.3) is 0 Å². The number of hydrogen-bond donors (Lipinski definition) is 0. The van der Waals surface area contributed by atoms with Gasteiger partial charge in [-0.3, -0.25) is 0 Å². The van der Waals surface area contributed by atoms with Crippen molar-refractivity contribution in [2.45, 2.75) is 4.90 Å². The Hall–Kier alpha value is -1.94. The van der Waals surface area contributed by atoms with Gasteiger partial charge in [-0.05, 0) is 23.6 Å². The number of thiophene rings is 1. The van der Waals surface area contributed by atoms with Gasteiger partial charge in [0, 0.05) is 13.1 Å². The van der Waals surface area contributed by atoms with Crippen LogP contribution < -0.4 is 4.74 Å². The molecule has 1 fully saturated rings. The lowest BCUT2D eigenvalue weighted by atomic mass is 10.3. The normalized spacial score (nSPS) is 15.5. The second-order valence-electron chi connectivity index (χ2n) is 5.43. The largest absolute Gasteiger partial charge is 0.490 e. The van der Waals surface area contributed by atoms with Crippen molar-refractivity contribution < 1.29 is 27.4 Å². The van der Waals surface area contributed by atoms with Gasteiger partial charge in [0.05, 0.1) is 13.2 Å². The van der Waals surface area contributed by atoms with Gasteiger partial charge in [0.15, 0.2) is 0 Å². The van der Waals surface area contributed by atoms with E-state index in [1.807, 2.05) is 18.2 Å². The summed E-state index contributed by atoms with van der Waals surface area (Å²) in [5, 5.41) is 1.57. The number of carbonyl (C=O) groups excluding carboxylic acids is 1. The molecule has 0 radical (unpaired) electrons. The van der Waals surface area contributed by atoms with Gasteiger partial charge in [-0.15, -0.1) is 11.3 Å². The molecule has 1 saturated heterocycles. The predicted molar refractivity (Wildman–Crippen MR) is 96.1 cm³/mol. The molecule has 140 valence electrons. The van der Waals surface area contributed by atoms with Crippen molar-refractivity contribution in [3.63, 3.8) is 0 Å². The van der Waals surface area contributed by atoms with Gasteiger partial charge in [-0.25, -0.2) is 13.2 Å². The van der Waals surface area contributed by atoms with E-state index >= 15 is 0 Å². The Balaban J connectivity index is 1.59. The van der Waals surface area contributed by atoms with E-state index in [1.54, 1.807) is 17.5 Å². The molecular formula is C17H19NO6S2. The van der Waals surface area contributed by atoms with Crippen LogP contribution in [0.5, 0.6) is 5.75 Å². The van der Waals surface area contributed by atoms with E-state index in [0.29, 0.717) is 19.0 Å². The highest BCUT2D eigenvalue weighted by Crippen LogP contribution is 2.26. The quantitative estimate of drug-likeness (QED) is 0.525. The molecule has 0 saturated carbocycles. The molecule has 0 unspecified atom stereocenters. The molecule has 1 aromatic carbocycles. The van der Waals surface area contributed by atoms with Crippen LogP contribution >= 0.6 is 11.3 Å². The Morgan fingerprint density at radius 1 is 1.12 bits per heavy atom. The SMILES string of the molecule is O=C(OCCOc1ccccc1)c1sccc1S(=O)(=O)N1CCOCC1. The third-order valence-electron chi connectivity index (χ3n) is 3.73. The number of hydrogen-bond acceptors (Lipinski definition) is 7. The summed E-state index contributed by atoms with van der Waals surface area (Å²) in [6.07, 6.45) is 0. The number of para-hydroxylation sites is 1. The van der Waals surface area contributed by atoms with Crippen LogP contribution in [0.4, 0.5) is 0 Å². The molecule has 2 heterocycles. The highest BCUT2D eigenvalue weighted by molar-refractivity contribution is 7.89. The van der Waals surface area contributed by atoms with Gasteiger partial charge < -0.3 is 14.2 Å². The third-order valence-corrected chi connectivity index (χ3v) is 6.70. The fourth-order valence-electron chi connectivity index (χ4n) is 2.45. The molecule has 0 spiro atoms. The van der Waals surface area contributed by atoms with Gasteiger partial charge in [-0.2, -0.15) is 4.31 Å². The van der Waals surface area contributed by atoms with Gasteiger partial charge in [0.2, 0.25) is 10.0 Å². The van der Waals surface area contributed by atoms with Crippen LogP contribution in [0, 0.1) is 0 Å². The van der Waals surface area contributed by atoms with Crippen molar-refractivity contribution in [1.82, 2.24) is 4.31 Å². The second-order valence-corrected chi connectivity index (χ2v) is 8.25. The van der Waals surface area contributed by atoms with Crippen molar-refractivity contribution in [3.8, 4) is 5.75 Å². The van der Waals surface area contributed by atoms with Gasteiger partial charge in [0.1, 0.15) is 28.7 Å². The summed E-state index contributed by atoms with van der Waals surface area (Å²) in [6, 6.07) is 10.6. The van der Waals surface area contributed by atoms with Crippen molar-refractivity contribution in [2.24, 2.45) is 0 Å². The molecule has 3 rings (SSSR count). The van der Waals surface area contributed by atoms with Crippen LogP contribution in [0.2, 0.25) is 0 Å². The van der Waals surface area contributed by atoms with Crippen molar-refractivity contribution in [2.75, 3.05) is 39.5 Å². The Bertz CT molecular complexity index is 828. The summed E-state index contributed by atoms with van der Waals surface area (Å²) in [4.78, 5) is 12.4. The Morgan fingerprint density at radius 3 is 2.58 bits per heavy atom. The minimum absolute atomic E-state index is 0.0154. The first-order valence-electron chi connectivity index (χ1n) is 8.09. The zero-order valence-corrected chi connectivity index (χ0v) is 15.6. The summed E-state index contributed by atoms with van der Waals surface area (Å²) in [5.74, 6) is 0.0127. The van der Waals surface area contributed by atoms with Crippen molar-refractivity contribution in [1.29, 1.82) is 0 Å². The molecule has 1 aromatic heterocycles. The first-order chi connectivity index (χ1) is 12.6. The summed E-state index contributed by atoms with van der Waals surface area (Å²) >= 11 is 1.05. The number of nitrogens with zero attached hydrogens (tertiary/aromatic N) is 1. The molecule has 0 aliphatic carbocycles. The lowest BCUT2D eigenvalue weighted by Gasteiger charge is -2.25. The van der Waals surface area contributed by atoms with Gasteiger partial charge >= 0.3 is 5.97 Å². The number of benzene rings is 1. The number of rotatable bonds is 7. The van der Waals surface area contributed by atoms with Crippen LogP contribution in [0.1, 0.15) is 9.67 Å². The summed E-state index contributed by atoms with van der Waals surface area (Å²) in [7, 11) is -3.74. The highest BCUT2D eigenvalue weighted by Gasteiger charge is 2.31. The maximum absolute atomic E-state index is 12.7. The molecule has 2 aromatic rings. The molecule has 0 bridgehead atoms. The smallest absolute Gasteiger partial charge is 0.349 e. The first kappa shape index (κ1) is 18.8. The van der Waals surface area contributed by atoms with Crippen molar-refractivity contribution >= 4 is 27.3 Å². The topological polar surface area (TPSA) is 82.1 Å². The van der Waals surface area contributed by atoms with Crippen LogP contribution in [-0.2, 0) is 19.5 Å². The average molecular weight is 397 g/mol. The molecule has 0 amide bonds. The lowest BCUT2D eigenvalue weighted by molar-refractivity contribution is 0.0451. The van der Waals surface area contributed by atoms with E-state index in [2.05, 4.69) is 0 Å².